The van der Waals surface area contributed by atoms with Gasteiger partial charge in [0.1, 0.15) is 0 Å². The summed E-state index contributed by atoms with van der Waals surface area (Å²) in [6.45, 7) is 3.61. The highest BCUT2D eigenvalue weighted by molar-refractivity contribution is 7.18. The molecule has 1 aromatic carbocycles. The van der Waals surface area contributed by atoms with Crippen molar-refractivity contribution in [1.82, 2.24) is 5.32 Å². The van der Waals surface area contributed by atoms with Crippen molar-refractivity contribution < 1.29 is 19.1 Å². The standard InChI is InChI=1S/C20H22ClNO4S/c1-3-15(14-6-4-13(2)5-7-14)22-19(24)12-26-20(25)11-8-16(23)17-9-10-18(21)27-17/h4-7,9-10,15H,3,8,11-12H2,1-2H3,(H,22,24)/t15-/m1/s1. The van der Waals surface area contributed by atoms with Gasteiger partial charge in [0.05, 0.1) is 21.7 Å². The second-order valence-corrected chi connectivity index (χ2v) is 7.84. The van der Waals surface area contributed by atoms with E-state index in [2.05, 4.69) is 5.32 Å². The minimum absolute atomic E-state index is 0.0260. The Morgan fingerprint density at radius 3 is 2.41 bits per heavy atom. The zero-order valence-electron chi connectivity index (χ0n) is 15.3. The van der Waals surface area contributed by atoms with Crippen molar-refractivity contribution in [2.45, 2.75) is 39.2 Å². The first kappa shape index (κ1) is 21.1. The molecule has 0 aliphatic rings. The summed E-state index contributed by atoms with van der Waals surface area (Å²) in [7, 11) is 0. The van der Waals surface area contributed by atoms with E-state index in [1.807, 2.05) is 38.1 Å². The molecular weight excluding hydrogens is 386 g/mol. The molecule has 1 aromatic heterocycles. The van der Waals surface area contributed by atoms with E-state index in [1.54, 1.807) is 12.1 Å². The molecule has 2 rings (SSSR count). The van der Waals surface area contributed by atoms with E-state index in [-0.39, 0.29) is 37.2 Å². The summed E-state index contributed by atoms with van der Waals surface area (Å²) in [5.74, 6) is -1.12. The lowest BCUT2D eigenvalue weighted by molar-refractivity contribution is -0.148. The molecule has 0 saturated carbocycles. The number of carbonyl (C=O) groups is 3. The molecular formula is C20H22ClNO4S. The Balaban J connectivity index is 1.74. The Bertz CT molecular complexity index is 801. The minimum Gasteiger partial charge on any atom is -0.456 e. The molecule has 0 aliphatic heterocycles. The highest BCUT2D eigenvalue weighted by Crippen LogP contribution is 2.23. The highest BCUT2D eigenvalue weighted by Gasteiger charge is 2.16. The maximum Gasteiger partial charge on any atom is 0.306 e. The van der Waals surface area contributed by atoms with Gasteiger partial charge >= 0.3 is 5.97 Å². The van der Waals surface area contributed by atoms with Gasteiger partial charge in [0.15, 0.2) is 12.4 Å². The first-order valence-electron chi connectivity index (χ1n) is 8.69. The van der Waals surface area contributed by atoms with E-state index in [1.165, 1.54) is 11.3 Å². The van der Waals surface area contributed by atoms with Crippen LogP contribution in [0.25, 0.3) is 0 Å². The fourth-order valence-electron chi connectivity index (χ4n) is 2.48. The summed E-state index contributed by atoms with van der Waals surface area (Å²) in [5.41, 5.74) is 2.15. The number of hydrogen-bond donors (Lipinski definition) is 1. The summed E-state index contributed by atoms with van der Waals surface area (Å²) in [6, 6.07) is 11.0. The second kappa shape index (κ2) is 10.2. The zero-order chi connectivity index (χ0) is 19.8. The third-order valence-corrected chi connectivity index (χ3v) is 5.26. The lowest BCUT2D eigenvalue weighted by Gasteiger charge is -2.17. The fraction of sp³-hybridized carbons (Fsp3) is 0.350. The van der Waals surface area contributed by atoms with Crippen LogP contribution < -0.4 is 5.32 Å². The second-order valence-electron chi connectivity index (χ2n) is 6.13. The SMILES string of the molecule is CC[C@@H](NC(=O)COC(=O)CCC(=O)c1ccc(Cl)s1)c1ccc(C)cc1. The first-order chi connectivity index (χ1) is 12.9. The van der Waals surface area contributed by atoms with Gasteiger partial charge in [-0.15, -0.1) is 11.3 Å². The molecule has 0 bridgehead atoms. The van der Waals surface area contributed by atoms with Gasteiger partial charge in [-0.3, -0.25) is 14.4 Å². The molecule has 0 radical (unpaired) electrons. The van der Waals surface area contributed by atoms with Gasteiger partial charge in [-0.05, 0) is 31.0 Å². The van der Waals surface area contributed by atoms with Gasteiger partial charge in [-0.2, -0.15) is 0 Å². The molecule has 0 unspecified atom stereocenters. The van der Waals surface area contributed by atoms with Gasteiger partial charge in [0, 0.05) is 6.42 Å². The third kappa shape index (κ3) is 6.81. The van der Waals surface area contributed by atoms with E-state index in [9.17, 15) is 14.4 Å². The molecule has 144 valence electrons. The Hall–Kier alpha value is -2.18. The molecule has 7 heteroatoms. The normalized spacial score (nSPS) is 11.7. The average molecular weight is 408 g/mol. The lowest BCUT2D eigenvalue weighted by Crippen LogP contribution is -2.32. The van der Waals surface area contributed by atoms with E-state index < -0.39 is 5.97 Å². The van der Waals surface area contributed by atoms with Crippen LogP contribution >= 0.6 is 22.9 Å². The molecule has 1 amide bonds. The number of ketones is 1. The van der Waals surface area contributed by atoms with Gasteiger partial charge in [0.25, 0.3) is 5.91 Å². The number of nitrogens with one attached hydrogen (secondary N) is 1. The lowest BCUT2D eigenvalue weighted by atomic mass is 10.0. The van der Waals surface area contributed by atoms with Crippen LogP contribution in [-0.2, 0) is 14.3 Å². The van der Waals surface area contributed by atoms with Crippen LogP contribution in [0, 0.1) is 6.92 Å². The molecule has 0 aliphatic carbocycles. The Labute approximate surface area is 167 Å². The molecule has 0 fully saturated rings. The number of hydrogen-bond acceptors (Lipinski definition) is 5. The molecule has 1 heterocycles. The molecule has 1 atom stereocenters. The predicted molar refractivity (Wildman–Crippen MR) is 106 cm³/mol. The van der Waals surface area contributed by atoms with Crippen molar-refractivity contribution >= 4 is 40.6 Å². The topological polar surface area (TPSA) is 72.5 Å². The number of thiophene rings is 1. The molecule has 27 heavy (non-hydrogen) atoms. The van der Waals surface area contributed by atoms with E-state index in [0.717, 1.165) is 17.5 Å². The van der Waals surface area contributed by atoms with Crippen LogP contribution in [0.5, 0.6) is 0 Å². The number of halogens is 1. The van der Waals surface area contributed by atoms with Crippen LogP contribution in [0.3, 0.4) is 0 Å². The molecule has 5 nitrogen and oxygen atoms in total. The van der Waals surface area contributed by atoms with E-state index in [0.29, 0.717) is 9.21 Å². The first-order valence-corrected chi connectivity index (χ1v) is 9.88. The van der Waals surface area contributed by atoms with Crippen molar-refractivity contribution in [3.8, 4) is 0 Å². The van der Waals surface area contributed by atoms with Crippen molar-refractivity contribution in [2.24, 2.45) is 0 Å². The number of amides is 1. The van der Waals surface area contributed by atoms with Gasteiger partial charge in [0.2, 0.25) is 0 Å². The minimum atomic E-state index is -0.579. The third-order valence-electron chi connectivity index (χ3n) is 3.99. The number of rotatable bonds is 9. The quantitative estimate of drug-likeness (QED) is 0.491. The van der Waals surface area contributed by atoms with Crippen molar-refractivity contribution in [3.05, 3.63) is 56.7 Å². The van der Waals surface area contributed by atoms with Gasteiger partial charge in [-0.1, -0.05) is 48.4 Å². The highest BCUT2D eigenvalue weighted by atomic mass is 35.5. The van der Waals surface area contributed by atoms with E-state index >= 15 is 0 Å². The summed E-state index contributed by atoms with van der Waals surface area (Å²) in [6.07, 6.45) is 0.676. The number of ether oxygens (including phenoxy) is 1. The van der Waals surface area contributed by atoms with Gasteiger partial charge < -0.3 is 10.1 Å². The predicted octanol–water partition coefficient (Wildman–Crippen LogP) is 4.48. The van der Waals surface area contributed by atoms with E-state index in [4.69, 9.17) is 16.3 Å². The van der Waals surface area contributed by atoms with Crippen LogP contribution in [0.1, 0.15) is 53.0 Å². The monoisotopic (exact) mass is 407 g/mol. The van der Waals surface area contributed by atoms with Crippen molar-refractivity contribution in [3.63, 3.8) is 0 Å². The fourth-order valence-corrected chi connectivity index (χ4v) is 3.49. The molecule has 0 spiro atoms. The Morgan fingerprint density at radius 1 is 1.11 bits per heavy atom. The van der Waals surface area contributed by atoms with Crippen molar-refractivity contribution in [2.75, 3.05) is 6.61 Å². The maximum atomic E-state index is 12.1. The van der Waals surface area contributed by atoms with Crippen LogP contribution in [0.2, 0.25) is 4.34 Å². The van der Waals surface area contributed by atoms with Crippen molar-refractivity contribution in [1.29, 1.82) is 0 Å². The number of esters is 1. The van der Waals surface area contributed by atoms with Crippen LogP contribution in [0.15, 0.2) is 36.4 Å². The number of Topliss-reactive ketones (excluding diaryl/α,β-unsaturated/α-hetero) is 1. The number of carbonyl (C=O) groups excluding carboxylic acids is 3. The molecule has 2 aromatic rings. The average Bonchev–Trinajstić information content (AvgIpc) is 3.09. The Morgan fingerprint density at radius 2 is 1.81 bits per heavy atom. The number of aryl methyl sites for hydroxylation is 1. The van der Waals surface area contributed by atoms with Gasteiger partial charge in [-0.25, -0.2) is 0 Å². The summed E-state index contributed by atoms with van der Waals surface area (Å²) < 4.78 is 5.49. The number of benzene rings is 1. The summed E-state index contributed by atoms with van der Waals surface area (Å²) in [4.78, 5) is 36.3. The Kier molecular flexibility index (Phi) is 8.00. The molecule has 0 saturated heterocycles. The largest absolute Gasteiger partial charge is 0.456 e. The summed E-state index contributed by atoms with van der Waals surface area (Å²) >= 11 is 6.96. The molecule has 1 N–H and O–H groups in total. The van der Waals surface area contributed by atoms with Crippen LogP contribution in [-0.4, -0.2) is 24.3 Å². The summed E-state index contributed by atoms with van der Waals surface area (Å²) in [5, 5.41) is 2.86. The smallest absolute Gasteiger partial charge is 0.306 e. The van der Waals surface area contributed by atoms with Crippen LogP contribution in [0.4, 0.5) is 0 Å². The maximum absolute atomic E-state index is 12.1. The zero-order valence-corrected chi connectivity index (χ0v) is 16.9.